The van der Waals surface area contributed by atoms with Gasteiger partial charge in [-0.1, -0.05) is 36.4 Å². The number of carbonyl (C=O) groups is 1. The highest BCUT2D eigenvalue weighted by atomic mass is 35.5. The summed E-state index contributed by atoms with van der Waals surface area (Å²) in [6.45, 7) is 0.856. The Morgan fingerprint density at radius 1 is 1.18 bits per heavy atom. The fourth-order valence-corrected chi connectivity index (χ4v) is 2.84. The van der Waals surface area contributed by atoms with Crippen LogP contribution in [0.5, 0.6) is 0 Å². The molecule has 0 fully saturated rings. The molecule has 0 radical (unpaired) electrons. The number of carbonyl (C=O) groups excluding carboxylic acids is 1. The lowest BCUT2D eigenvalue weighted by atomic mass is 10.0. The maximum Gasteiger partial charge on any atom is 0.272 e. The largest absolute Gasteiger partial charge is 0.383 e. The Labute approximate surface area is 168 Å². The van der Waals surface area contributed by atoms with E-state index >= 15 is 0 Å². The Hall–Kier alpha value is -2.74. The molecule has 1 aromatic heterocycles. The van der Waals surface area contributed by atoms with Gasteiger partial charge in [0.05, 0.1) is 19.2 Å². The van der Waals surface area contributed by atoms with E-state index in [-0.39, 0.29) is 48.7 Å². The first-order valence-corrected chi connectivity index (χ1v) is 8.69. The fourth-order valence-electron chi connectivity index (χ4n) is 2.84. The lowest BCUT2D eigenvalue weighted by Gasteiger charge is -2.18. The first-order valence-electron chi connectivity index (χ1n) is 8.69. The Balaban J connectivity index is 0.00000280. The van der Waals surface area contributed by atoms with Crippen LogP contribution in [-0.2, 0) is 11.3 Å². The molecule has 8 heteroatoms. The highest BCUT2D eigenvalue weighted by Gasteiger charge is 2.16. The SMILES string of the molecule is COCCn1nc(C(=O)NC(CN)c2ccc3ccccc3c2)ccc1=O.Cl. The zero-order valence-corrected chi connectivity index (χ0v) is 16.3. The zero-order chi connectivity index (χ0) is 19.2. The standard InChI is InChI=1S/C20H22N4O3.ClH/c1-27-11-10-24-19(25)9-8-17(23-24)20(26)22-18(13-21)16-7-6-14-4-2-3-5-15(14)12-16;/h2-9,12,18H,10-11,13,21H2,1H3,(H,22,26);1H. The highest BCUT2D eigenvalue weighted by molar-refractivity contribution is 5.92. The average molecular weight is 403 g/mol. The first-order chi connectivity index (χ1) is 13.1. The molecule has 0 saturated heterocycles. The lowest BCUT2D eigenvalue weighted by Crippen LogP contribution is -2.35. The van der Waals surface area contributed by atoms with Gasteiger partial charge in [0.15, 0.2) is 0 Å². The van der Waals surface area contributed by atoms with E-state index in [1.807, 2.05) is 42.5 Å². The van der Waals surface area contributed by atoms with Crippen molar-refractivity contribution in [3.05, 3.63) is 76.2 Å². The van der Waals surface area contributed by atoms with Crippen molar-refractivity contribution in [2.24, 2.45) is 5.73 Å². The number of nitrogens with zero attached hydrogens (tertiary/aromatic N) is 2. The molecule has 1 heterocycles. The Morgan fingerprint density at radius 2 is 1.93 bits per heavy atom. The van der Waals surface area contributed by atoms with Crippen molar-refractivity contribution in [2.75, 3.05) is 20.3 Å². The third-order valence-corrected chi connectivity index (χ3v) is 4.32. The summed E-state index contributed by atoms with van der Waals surface area (Å²) in [5.41, 5.74) is 6.68. The van der Waals surface area contributed by atoms with Gasteiger partial charge in [0.25, 0.3) is 11.5 Å². The molecule has 3 rings (SSSR count). The van der Waals surface area contributed by atoms with Crippen LogP contribution in [0.4, 0.5) is 0 Å². The molecular weight excluding hydrogens is 380 g/mol. The lowest BCUT2D eigenvalue weighted by molar-refractivity contribution is 0.0929. The van der Waals surface area contributed by atoms with Gasteiger partial charge < -0.3 is 15.8 Å². The quantitative estimate of drug-likeness (QED) is 0.628. The van der Waals surface area contributed by atoms with Crippen LogP contribution in [-0.4, -0.2) is 35.9 Å². The second-order valence-corrected chi connectivity index (χ2v) is 6.14. The number of benzene rings is 2. The summed E-state index contributed by atoms with van der Waals surface area (Å²) in [4.78, 5) is 24.4. The minimum atomic E-state index is -0.384. The van der Waals surface area contributed by atoms with Crippen LogP contribution in [0.3, 0.4) is 0 Å². The van der Waals surface area contributed by atoms with E-state index in [1.54, 1.807) is 0 Å². The predicted molar refractivity (Wildman–Crippen MR) is 111 cm³/mol. The molecule has 7 nitrogen and oxygen atoms in total. The number of methoxy groups -OCH3 is 1. The maximum atomic E-state index is 12.6. The molecule has 1 amide bonds. The number of rotatable bonds is 7. The molecular formula is C20H23ClN4O3. The van der Waals surface area contributed by atoms with Crippen molar-refractivity contribution in [3.8, 4) is 0 Å². The minimum Gasteiger partial charge on any atom is -0.383 e. The van der Waals surface area contributed by atoms with Crippen LogP contribution in [0.2, 0.25) is 0 Å². The summed E-state index contributed by atoms with van der Waals surface area (Å²) >= 11 is 0. The van der Waals surface area contributed by atoms with Gasteiger partial charge in [0, 0.05) is 19.7 Å². The Morgan fingerprint density at radius 3 is 2.64 bits per heavy atom. The summed E-state index contributed by atoms with van der Waals surface area (Å²) < 4.78 is 6.17. The molecule has 1 unspecified atom stereocenters. The molecule has 0 aliphatic rings. The van der Waals surface area contributed by atoms with E-state index in [4.69, 9.17) is 10.5 Å². The minimum absolute atomic E-state index is 0. The normalized spacial score (nSPS) is 11.6. The van der Waals surface area contributed by atoms with E-state index in [0.29, 0.717) is 6.61 Å². The number of amides is 1. The van der Waals surface area contributed by atoms with Gasteiger partial charge in [-0.2, -0.15) is 5.10 Å². The van der Waals surface area contributed by atoms with E-state index in [2.05, 4.69) is 10.4 Å². The van der Waals surface area contributed by atoms with E-state index in [9.17, 15) is 9.59 Å². The molecule has 0 spiro atoms. The molecule has 0 bridgehead atoms. The van der Waals surface area contributed by atoms with E-state index in [1.165, 1.54) is 23.9 Å². The van der Waals surface area contributed by atoms with Crippen molar-refractivity contribution in [1.82, 2.24) is 15.1 Å². The van der Waals surface area contributed by atoms with Crippen LogP contribution < -0.4 is 16.6 Å². The summed E-state index contributed by atoms with van der Waals surface area (Å²) in [6, 6.07) is 16.3. The molecule has 2 aromatic carbocycles. The van der Waals surface area contributed by atoms with Crippen LogP contribution >= 0.6 is 12.4 Å². The average Bonchev–Trinajstić information content (AvgIpc) is 2.70. The van der Waals surface area contributed by atoms with Gasteiger partial charge in [-0.05, 0) is 28.5 Å². The highest BCUT2D eigenvalue weighted by Crippen LogP contribution is 2.20. The number of hydrogen-bond donors (Lipinski definition) is 2. The number of aromatic nitrogens is 2. The second kappa shape index (κ2) is 9.98. The number of halogens is 1. The molecule has 28 heavy (non-hydrogen) atoms. The topological polar surface area (TPSA) is 99.2 Å². The molecule has 3 N–H and O–H groups in total. The van der Waals surface area contributed by atoms with Crippen molar-refractivity contribution < 1.29 is 9.53 Å². The van der Waals surface area contributed by atoms with E-state index < -0.39 is 0 Å². The molecule has 0 aliphatic heterocycles. The van der Waals surface area contributed by atoms with Crippen molar-refractivity contribution in [3.63, 3.8) is 0 Å². The summed E-state index contributed by atoms with van der Waals surface area (Å²) in [6.07, 6.45) is 0. The van der Waals surface area contributed by atoms with Crippen LogP contribution in [0, 0.1) is 0 Å². The first kappa shape index (κ1) is 21.6. The van der Waals surface area contributed by atoms with Gasteiger partial charge >= 0.3 is 0 Å². The molecule has 0 aliphatic carbocycles. The summed E-state index contributed by atoms with van der Waals surface area (Å²) in [5, 5.41) is 9.20. The number of fused-ring (bicyclic) bond motifs is 1. The summed E-state index contributed by atoms with van der Waals surface area (Å²) in [7, 11) is 1.54. The number of hydrogen-bond acceptors (Lipinski definition) is 5. The van der Waals surface area contributed by atoms with Crippen molar-refractivity contribution in [1.29, 1.82) is 0 Å². The zero-order valence-electron chi connectivity index (χ0n) is 15.5. The predicted octanol–water partition coefficient (Wildman–Crippen LogP) is 1.89. The number of nitrogens with two attached hydrogens (primary N) is 1. The summed E-state index contributed by atoms with van der Waals surface area (Å²) in [5.74, 6) is -0.384. The third-order valence-electron chi connectivity index (χ3n) is 4.32. The molecule has 1 atom stereocenters. The van der Waals surface area contributed by atoms with Crippen LogP contribution in [0.1, 0.15) is 22.1 Å². The number of ether oxygens (including phenoxy) is 1. The number of nitrogens with one attached hydrogen (secondary N) is 1. The monoisotopic (exact) mass is 402 g/mol. The smallest absolute Gasteiger partial charge is 0.272 e. The second-order valence-electron chi connectivity index (χ2n) is 6.14. The molecule has 148 valence electrons. The maximum absolute atomic E-state index is 12.6. The van der Waals surface area contributed by atoms with Gasteiger partial charge in [0.1, 0.15) is 5.69 Å². The van der Waals surface area contributed by atoms with E-state index in [0.717, 1.165) is 16.3 Å². The van der Waals surface area contributed by atoms with Gasteiger partial charge in [-0.25, -0.2) is 4.68 Å². The van der Waals surface area contributed by atoms with Crippen molar-refractivity contribution in [2.45, 2.75) is 12.6 Å². The van der Waals surface area contributed by atoms with Crippen LogP contribution in [0.15, 0.2) is 59.4 Å². The van der Waals surface area contributed by atoms with Crippen molar-refractivity contribution >= 4 is 29.1 Å². The fraction of sp³-hybridized carbons (Fsp3) is 0.250. The van der Waals surface area contributed by atoms with Gasteiger partial charge in [-0.15, -0.1) is 12.4 Å². The Bertz CT molecular complexity index is 1010. The Kier molecular flexibility index (Phi) is 7.69. The molecule has 3 aromatic rings. The van der Waals surface area contributed by atoms with Gasteiger partial charge in [0.2, 0.25) is 0 Å². The van der Waals surface area contributed by atoms with Gasteiger partial charge in [-0.3, -0.25) is 9.59 Å². The van der Waals surface area contributed by atoms with Crippen LogP contribution in [0.25, 0.3) is 10.8 Å². The molecule has 0 saturated carbocycles. The third kappa shape index (κ3) is 4.95.